The maximum atomic E-state index is 5.79. The van der Waals surface area contributed by atoms with E-state index in [1.807, 2.05) is 6.07 Å². The Morgan fingerprint density at radius 1 is 1.11 bits per heavy atom. The lowest BCUT2D eigenvalue weighted by Gasteiger charge is -2.18. The van der Waals surface area contributed by atoms with Crippen LogP contribution in [-0.4, -0.2) is 6.61 Å². The Kier molecular flexibility index (Phi) is 6.74. The molecule has 18 heavy (non-hydrogen) atoms. The van der Waals surface area contributed by atoms with E-state index in [9.17, 15) is 0 Å². The van der Waals surface area contributed by atoms with Crippen molar-refractivity contribution in [3.63, 3.8) is 0 Å². The Morgan fingerprint density at radius 2 is 1.78 bits per heavy atom. The van der Waals surface area contributed by atoms with Crippen LogP contribution >= 0.6 is 0 Å². The minimum atomic E-state index is 0.601. The van der Waals surface area contributed by atoms with Crippen LogP contribution in [0, 0.1) is 11.8 Å². The zero-order valence-electron chi connectivity index (χ0n) is 12.1. The Hall–Kier alpha value is -1.08. The Bertz CT molecular complexity index is 349. The van der Waals surface area contributed by atoms with E-state index >= 15 is 0 Å². The highest BCUT2D eigenvalue weighted by molar-refractivity contribution is 5.13. The van der Waals surface area contributed by atoms with Crippen LogP contribution in [0.5, 0.6) is 0 Å². The number of allylic oxidation sites excluding steroid dienone is 2. The molecule has 1 aromatic rings. The van der Waals surface area contributed by atoms with E-state index in [1.165, 1.54) is 11.1 Å². The molecule has 0 saturated carbocycles. The van der Waals surface area contributed by atoms with Crippen LogP contribution in [0.25, 0.3) is 0 Å². The van der Waals surface area contributed by atoms with Gasteiger partial charge in [-0.15, -0.1) is 0 Å². The molecule has 2 atom stereocenters. The SMILES string of the molecule is CC(C)=CC[C@H](C)[C@H](C)COCc1ccccc1. The van der Waals surface area contributed by atoms with Crippen LogP contribution in [0.2, 0.25) is 0 Å². The van der Waals surface area contributed by atoms with Crippen LogP contribution in [0.3, 0.4) is 0 Å². The minimum absolute atomic E-state index is 0.601. The number of rotatable bonds is 7. The normalized spacial score (nSPS) is 14.0. The van der Waals surface area contributed by atoms with Gasteiger partial charge in [-0.25, -0.2) is 0 Å². The molecule has 0 fully saturated rings. The first-order valence-corrected chi connectivity index (χ1v) is 6.84. The molecule has 0 spiro atoms. The van der Waals surface area contributed by atoms with Crippen LogP contribution in [0.4, 0.5) is 0 Å². The molecule has 100 valence electrons. The largest absolute Gasteiger partial charge is 0.376 e. The van der Waals surface area contributed by atoms with Gasteiger partial charge in [0.1, 0.15) is 0 Å². The molecule has 0 aliphatic carbocycles. The fourth-order valence-corrected chi connectivity index (χ4v) is 1.76. The van der Waals surface area contributed by atoms with Crippen molar-refractivity contribution >= 4 is 0 Å². The van der Waals surface area contributed by atoms with Gasteiger partial charge in [0.2, 0.25) is 0 Å². The van der Waals surface area contributed by atoms with E-state index in [-0.39, 0.29) is 0 Å². The van der Waals surface area contributed by atoms with Crippen LogP contribution < -0.4 is 0 Å². The Labute approximate surface area is 112 Å². The van der Waals surface area contributed by atoms with Crippen molar-refractivity contribution in [1.29, 1.82) is 0 Å². The molecular weight excluding hydrogens is 220 g/mol. The van der Waals surface area contributed by atoms with Crippen LogP contribution in [0.1, 0.15) is 39.7 Å². The molecule has 1 aromatic carbocycles. The monoisotopic (exact) mass is 246 g/mol. The number of ether oxygens (including phenoxy) is 1. The molecule has 0 aliphatic heterocycles. The van der Waals surface area contributed by atoms with Gasteiger partial charge in [0.25, 0.3) is 0 Å². The third-order valence-electron chi connectivity index (χ3n) is 3.36. The zero-order valence-corrected chi connectivity index (χ0v) is 12.1. The molecule has 0 radical (unpaired) electrons. The fourth-order valence-electron chi connectivity index (χ4n) is 1.76. The van der Waals surface area contributed by atoms with Gasteiger partial charge in [-0.3, -0.25) is 0 Å². The summed E-state index contributed by atoms with van der Waals surface area (Å²) in [7, 11) is 0. The van der Waals surface area contributed by atoms with E-state index in [0.717, 1.165) is 19.6 Å². The molecular formula is C17H26O. The summed E-state index contributed by atoms with van der Waals surface area (Å²) in [5, 5.41) is 0. The predicted molar refractivity (Wildman–Crippen MR) is 78.5 cm³/mol. The molecule has 0 aliphatic rings. The summed E-state index contributed by atoms with van der Waals surface area (Å²) in [6.45, 7) is 10.4. The average Bonchev–Trinajstić information content (AvgIpc) is 2.37. The average molecular weight is 246 g/mol. The van der Waals surface area contributed by atoms with E-state index in [0.29, 0.717) is 11.8 Å². The van der Waals surface area contributed by atoms with Crippen molar-refractivity contribution in [1.82, 2.24) is 0 Å². The summed E-state index contributed by atoms with van der Waals surface area (Å²) in [6.07, 6.45) is 3.47. The van der Waals surface area contributed by atoms with Gasteiger partial charge in [0, 0.05) is 6.61 Å². The van der Waals surface area contributed by atoms with Crippen molar-refractivity contribution in [3.8, 4) is 0 Å². The van der Waals surface area contributed by atoms with Crippen molar-refractivity contribution in [3.05, 3.63) is 47.5 Å². The smallest absolute Gasteiger partial charge is 0.0717 e. The number of hydrogen-bond acceptors (Lipinski definition) is 1. The summed E-state index contributed by atoms with van der Waals surface area (Å²) < 4.78 is 5.79. The maximum absolute atomic E-state index is 5.79. The van der Waals surface area contributed by atoms with Gasteiger partial charge in [-0.2, -0.15) is 0 Å². The lowest BCUT2D eigenvalue weighted by molar-refractivity contribution is 0.0756. The van der Waals surface area contributed by atoms with Gasteiger partial charge in [-0.1, -0.05) is 55.8 Å². The van der Waals surface area contributed by atoms with Crippen LogP contribution in [-0.2, 0) is 11.3 Å². The number of hydrogen-bond donors (Lipinski definition) is 0. The second kappa shape index (κ2) is 8.10. The first-order chi connectivity index (χ1) is 8.59. The third kappa shape index (κ3) is 6.02. The van der Waals surface area contributed by atoms with E-state index in [1.54, 1.807) is 0 Å². The van der Waals surface area contributed by atoms with Crippen molar-refractivity contribution in [2.24, 2.45) is 11.8 Å². The second-order valence-corrected chi connectivity index (χ2v) is 5.47. The molecule has 0 heterocycles. The van der Waals surface area contributed by atoms with E-state index in [4.69, 9.17) is 4.74 Å². The standard InChI is InChI=1S/C17H26O/c1-14(2)10-11-15(3)16(4)12-18-13-17-8-6-5-7-9-17/h5-10,15-16H,11-13H2,1-4H3/t15-,16+/m0/s1. The summed E-state index contributed by atoms with van der Waals surface area (Å²) in [6, 6.07) is 10.4. The van der Waals surface area contributed by atoms with Gasteiger partial charge in [-0.05, 0) is 37.7 Å². The van der Waals surface area contributed by atoms with Gasteiger partial charge in [0.05, 0.1) is 6.61 Å². The van der Waals surface area contributed by atoms with Crippen LogP contribution in [0.15, 0.2) is 42.0 Å². The molecule has 0 N–H and O–H groups in total. The van der Waals surface area contributed by atoms with Crippen molar-refractivity contribution in [2.45, 2.75) is 40.7 Å². The Balaban J connectivity index is 2.24. The summed E-state index contributed by atoms with van der Waals surface area (Å²) in [5.41, 5.74) is 2.65. The molecule has 0 saturated heterocycles. The minimum Gasteiger partial charge on any atom is -0.376 e. The van der Waals surface area contributed by atoms with Gasteiger partial charge >= 0.3 is 0 Å². The first-order valence-electron chi connectivity index (χ1n) is 6.84. The molecule has 0 unspecified atom stereocenters. The molecule has 0 aromatic heterocycles. The quantitative estimate of drug-likeness (QED) is 0.626. The summed E-state index contributed by atoms with van der Waals surface area (Å²) in [4.78, 5) is 0. The molecule has 1 rings (SSSR count). The molecule has 0 bridgehead atoms. The fraction of sp³-hybridized carbons (Fsp3) is 0.529. The highest BCUT2D eigenvalue weighted by Crippen LogP contribution is 2.17. The van der Waals surface area contributed by atoms with Gasteiger partial charge in [0.15, 0.2) is 0 Å². The topological polar surface area (TPSA) is 9.23 Å². The van der Waals surface area contributed by atoms with Crippen molar-refractivity contribution < 1.29 is 4.74 Å². The summed E-state index contributed by atoms with van der Waals surface area (Å²) >= 11 is 0. The molecule has 1 nitrogen and oxygen atoms in total. The predicted octanol–water partition coefficient (Wildman–Crippen LogP) is 4.83. The van der Waals surface area contributed by atoms with E-state index < -0.39 is 0 Å². The van der Waals surface area contributed by atoms with Gasteiger partial charge < -0.3 is 4.74 Å². The number of benzene rings is 1. The molecule has 1 heteroatoms. The zero-order chi connectivity index (χ0) is 13.4. The maximum Gasteiger partial charge on any atom is 0.0717 e. The lowest BCUT2D eigenvalue weighted by atomic mass is 9.93. The summed E-state index contributed by atoms with van der Waals surface area (Å²) in [5.74, 6) is 1.28. The third-order valence-corrected chi connectivity index (χ3v) is 3.36. The first kappa shape index (κ1) is 15.0. The molecule has 0 amide bonds. The highest BCUT2D eigenvalue weighted by Gasteiger charge is 2.11. The van der Waals surface area contributed by atoms with Crippen molar-refractivity contribution in [2.75, 3.05) is 6.61 Å². The Morgan fingerprint density at radius 3 is 2.39 bits per heavy atom. The lowest BCUT2D eigenvalue weighted by Crippen LogP contribution is -2.14. The second-order valence-electron chi connectivity index (χ2n) is 5.47. The van der Waals surface area contributed by atoms with E-state index in [2.05, 4.69) is 58.0 Å². The highest BCUT2D eigenvalue weighted by atomic mass is 16.5.